The quantitative estimate of drug-likeness (QED) is 0.307. The fourth-order valence-electron chi connectivity index (χ4n) is 5.25. The first-order chi connectivity index (χ1) is 21.2. The molecule has 3 heterocycles. The van der Waals surface area contributed by atoms with Gasteiger partial charge in [0.1, 0.15) is 29.1 Å². The number of anilines is 1. The number of fused-ring (bicyclic) bond motifs is 1. The van der Waals surface area contributed by atoms with Gasteiger partial charge in [0, 0.05) is 54.3 Å². The molecule has 0 spiro atoms. The second-order valence-corrected chi connectivity index (χ2v) is 12.6. The Bertz CT molecular complexity index is 1870. The summed E-state index contributed by atoms with van der Waals surface area (Å²) in [5, 5.41) is 34.8. The minimum atomic E-state index is -1.09. The molecular weight excluding hydrogens is 580 g/mol. The van der Waals surface area contributed by atoms with E-state index in [-0.39, 0.29) is 40.1 Å². The second-order valence-electron chi connectivity index (χ2n) is 12.6. The summed E-state index contributed by atoms with van der Waals surface area (Å²) in [6.45, 7) is 10.2. The minimum Gasteiger partial charge on any atom is -0.444 e. The minimum absolute atomic E-state index is 0.0652. The molecule has 12 heteroatoms. The van der Waals surface area contributed by atoms with Crippen molar-refractivity contribution in [3.05, 3.63) is 65.4 Å². The number of hydrogen-bond acceptors (Lipinski definition) is 8. The fraction of sp³-hybridized carbons (Fsp3) is 0.364. The molecule has 1 saturated heterocycles. The molecule has 0 unspecified atom stereocenters. The maximum atomic E-state index is 16.0. The Hall–Kier alpha value is -5.07. The number of nitriles is 2. The van der Waals surface area contributed by atoms with Crippen LogP contribution in [-0.2, 0) is 11.3 Å². The van der Waals surface area contributed by atoms with Crippen molar-refractivity contribution in [2.24, 2.45) is 0 Å². The van der Waals surface area contributed by atoms with Gasteiger partial charge in [-0.3, -0.25) is 4.68 Å². The number of rotatable bonds is 5. The van der Waals surface area contributed by atoms with Crippen LogP contribution in [0.2, 0.25) is 0 Å². The Labute approximate surface area is 259 Å². The van der Waals surface area contributed by atoms with Crippen molar-refractivity contribution in [1.29, 1.82) is 10.5 Å². The van der Waals surface area contributed by atoms with Crippen LogP contribution in [-0.4, -0.2) is 68.2 Å². The smallest absolute Gasteiger partial charge is 0.410 e. The van der Waals surface area contributed by atoms with Gasteiger partial charge in [0.05, 0.1) is 46.7 Å². The van der Waals surface area contributed by atoms with Gasteiger partial charge in [0.25, 0.3) is 0 Å². The topological polar surface area (TPSA) is 131 Å². The molecule has 2 aromatic carbocycles. The van der Waals surface area contributed by atoms with E-state index in [2.05, 4.69) is 11.2 Å². The van der Waals surface area contributed by atoms with E-state index in [9.17, 15) is 24.8 Å². The predicted molar refractivity (Wildman–Crippen MR) is 164 cm³/mol. The lowest BCUT2D eigenvalue weighted by atomic mass is 9.93. The molecule has 0 aliphatic carbocycles. The van der Waals surface area contributed by atoms with Crippen LogP contribution in [0.5, 0.6) is 0 Å². The van der Waals surface area contributed by atoms with Crippen LogP contribution < -0.4 is 4.90 Å². The molecule has 0 radical (unpaired) electrons. The summed E-state index contributed by atoms with van der Waals surface area (Å²) in [4.78, 5) is 20.9. The number of aromatic nitrogens is 3. The van der Waals surface area contributed by atoms with Crippen molar-refractivity contribution in [2.75, 3.05) is 31.1 Å². The van der Waals surface area contributed by atoms with Gasteiger partial charge < -0.3 is 19.6 Å². The van der Waals surface area contributed by atoms with E-state index in [0.717, 1.165) is 6.07 Å². The number of carbonyl (C=O) groups excluding carboxylic acids is 1. The third kappa shape index (κ3) is 6.71. The molecular formula is C33H33F2N7O3. The van der Waals surface area contributed by atoms with Crippen molar-refractivity contribution in [2.45, 2.75) is 52.4 Å². The summed E-state index contributed by atoms with van der Waals surface area (Å²) >= 11 is 0. The van der Waals surface area contributed by atoms with E-state index in [1.54, 1.807) is 63.9 Å². The molecule has 232 valence electrons. The highest BCUT2D eigenvalue weighted by atomic mass is 19.1. The predicted octanol–water partition coefficient (Wildman–Crippen LogP) is 5.61. The molecule has 1 amide bonds. The summed E-state index contributed by atoms with van der Waals surface area (Å²) in [5.74, 6) is -1.03. The summed E-state index contributed by atoms with van der Waals surface area (Å²) in [6, 6.07) is 12.3. The molecule has 0 atom stereocenters. The van der Waals surface area contributed by atoms with E-state index in [1.165, 1.54) is 22.9 Å². The third-order valence-electron chi connectivity index (χ3n) is 7.28. The molecule has 2 aromatic heterocycles. The lowest BCUT2D eigenvalue weighted by molar-refractivity contribution is 0.0240. The summed E-state index contributed by atoms with van der Waals surface area (Å²) in [5.41, 5.74) is -0.692. The van der Waals surface area contributed by atoms with Crippen molar-refractivity contribution in [3.63, 3.8) is 0 Å². The van der Waals surface area contributed by atoms with E-state index < -0.39 is 28.9 Å². The monoisotopic (exact) mass is 613 g/mol. The van der Waals surface area contributed by atoms with E-state index in [1.807, 2.05) is 4.90 Å². The number of piperazine rings is 1. The number of hydrogen-bond donors (Lipinski definition) is 1. The number of halogens is 2. The van der Waals surface area contributed by atoms with Gasteiger partial charge in [-0.05, 0) is 58.9 Å². The Kier molecular flexibility index (Phi) is 8.21. The standard InChI is InChI=1S/C33H33F2N7O3/c1-32(2,3)45-31(43)41-10-8-40(9-11-41)28-14-22(17-37)29(30(39-28)20-6-7-21(16-36)25(34)13-20)24-12-23-18-38-42(19-33(4,5)44)27(23)15-26(24)35/h6-7,12-15,18,44H,8-11,19H2,1-5H3. The van der Waals surface area contributed by atoms with Gasteiger partial charge in [0.15, 0.2) is 0 Å². The molecule has 10 nitrogen and oxygen atoms in total. The van der Waals surface area contributed by atoms with Crippen molar-refractivity contribution >= 4 is 22.8 Å². The number of benzene rings is 2. The maximum Gasteiger partial charge on any atom is 0.410 e. The Morgan fingerprint density at radius 2 is 1.67 bits per heavy atom. The van der Waals surface area contributed by atoms with Crippen molar-refractivity contribution < 1.29 is 23.4 Å². The van der Waals surface area contributed by atoms with Crippen LogP contribution in [0.3, 0.4) is 0 Å². The first-order valence-electron chi connectivity index (χ1n) is 14.4. The molecule has 1 aliphatic rings. The van der Waals surface area contributed by atoms with Gasteiger partial charge in [-0.15, -0.1) is 0 Å². The Morgan fingerprint density at radius 3 is 2.27 bits per heavy atom. The first-order valence-corrected chi connectivity index (χ1v) is 14.4. The van der Waals surface area contributed by atoms with Crippen LogP contribution >= 0.6 is 0 Å². The van der Waals surface area contributed by atoms with Gasteiger partial charge in [0.2, 0.25) is 0 Å². The average molecular weight is 614 g/mol. The third-order valence-corrected chi connectivity index (χ3v) is 7.28. The zero-order valence-electron chi connectivity index (χ0n) is 25.7. The SMILES string of the molecule is CC(C)(O)Cn1ncc2cc(-c3c(C#N)cc(N4CCN(C(=O)OC(C)(C)C)CC4)nc3-c3ccc(C#N)c(F)c3)c(F)cc21. The normalized spacial score (nSPS) is 13.9. The van der Waals surface area contributed by atoms with Gasteiger partial charge in [-0.25, -0.2) is 18.6 Å². The number of nitrogens with zero attached hydrogens (tertiary/aromatic N) is 7. The lowest BCUT2D eigenvalue weighted by Crippen LogP contribution is -2.50. The molecule has 5 rings (SSSR count). The highest BCUT2D eigenvalue weighted by Crippen LogP contribution is 2.39. The van der Waals surface area contributed by atoms with Crippen LogP contribution in [0.1, 0.15) is 45.7 Å². The second kappa shape index (κ2) is 11.8. The fourth-order valence-corrected chi connectivity index (χ4v) is 5.25. The first kappa shape index (κ1) is 31.4. The zero-order valence-corrected chi connectivity index (χ0v) is 25.7. The van der Waals surface area contributed by atoms with Gasteiger partial charge in [-0.2, -0.15) is 15.6 Å². The Morgan fingerprint density at radius 1 is 0.978 bits per heavy atom. The van der Waals surface area contributed by atoms with Crippen molar-refractivity contribution in [3.8, 4) is 34.5 Å². The highest BCUT2D eigenvalue weighted by molar-refractivity contribution is 5.92. The number of pyridine rings is 1. The van der Waals surface area contributed by atoms with Gasteiger partial charge >= 0.3 is 6.09 Å². The molecule has 1 fully saturated rings. The van der Waals surface area contributed by atoms with Crippen molar-refractivity contribution in [1.82, 2.24) is 19.7 Å². The average Bonchev–Trinajstić information content (AvgIpc) is 3.34. The van der Waals surface area contributed by atoms with Crippen LogP contribution in [0.15, 0.2) is 42.6 Å². The van der Waals surface area contributed by atoms with E-state index in [0.29, 0.717) is 42.9 Å². The molecule has 1 N–H and O–H groups in total. The van der Waals surface area contributed by atoms with Crippen LogP contribution in [0.4, 0.5) is 19.4 Å². The summed E-state index contributed by atoms with van der Waals surface area (Å²) < 4.78 is 37.9. The number of carbonyl (C=O) groups is 1. The molecule has 1 aliphatic heterocycles. The lowest BCUT2D eigenvalue weighted by Gasteiger charge is -2.36. The molecule has 0 bridgehead atoms. The van der Waals surface area contributed by atoms with Gasteiger partial charge in [-0.1, -0.05) is 6.07 Å². The number of ether oxygens (including phenoxy) is 1. The van der Waals surface area contributed by atoms with Crippen LogP contribution in [0.25, 0.3) is 33.3 Å². The molecule has 45 heavy (non-hydrogen) atoms. The number of aliphatic hydroxyl groups is 1. The number of amides is 1. The molecule has 0 saturated carbocycles. The largest absolute Gasteiger partial charge is 0.444 e. The maximum absolute atomic E-state index is 16.0. The van der Waals surface area contributed by atoms with Crippen LogP contribution in [0, 0.1) is 34.3 Å². The zero-order chi connectivity index (χ0) is 32.7. The molecule has 4 aromatic rings. The Balaban J connectivity index is 1.61. The highest BCUT2D eigenvalue weighted by Gasteiger charge is 2.28. The van der Waals surface area contributed by atoms with E-state index >= 15 is 4.39 Å². The van der Waals surface area contributed by atoms with E-state index in [4.69, 9.17) is 9.72 Å². The summed E-state index contributed by atoms with van der Waals surface area (Å²) in [7, 11) is 0. The summed E-state index contributed by atoms with van der Waals surface area (Å²) in [6.07, 6.45) is 1.12.